The number of methoxy groups -OCH3 is 3. The molecule has 0 fully saturated rings. The Morgan fingerprint density at radius 2 is 1.46 bits per heavy atom. The maximum atomic E-state index is 13.8. The molecule has 0 unspecified atom stereocenters. The molecule has 0 saturated heterocycles. The van der Waals surface area contributed by atoms with Gasteiger partial charge in [0.25, 0.3) is 0 Å². The van der Waals surface area contributed by atoms with Crippen LogP contribution in [0.2, 0.25) is 5.02 Å². The molecule has 3 aromatic carbocycles. The monoisotopic (exact) mass is 490 g/mol. The smallest absolute Gasteiger partial charge is 0.164 e. The lowest BCUT2D eigenvalue weighted by Gasteiger charge is -2.31. The second-order valence-corrected chi connectivity index (χ2v) is 9.05. The zero-order valence-corrected chi connectivity index (χ0v) is 20.6. The van der Waals surface area contributed by atoms with E-state index in [0.717, 1.165) is 28.2 Å². The number of ether oxygens (including phenoxy) is 3. The van der Waals surface area contributed by atoms with Crippen LogP contribution >= 0.6 is 11.6 Å². The predicted molar refractivity (Wildman–Crippen MR) is 138 cm³/mol. The van der Waals surface area contributed by atoms with Gasteiger partial charge in [-0.05, 0) is 42.2 Å². The molecule has 0 bridgehead atoms. The minimum Gasteiger partial charge on any atom is -0.496 e. The minimum absolute atomic E-state index is 0.0133. The Labute approximate surface area is 209 Å². The highest BCUT2D eigenvalue weighted by Crippen LogP contribution is 2.48. The molecule has 1 heterocycles. The van der Waals surface area contributed by atoms with Crippen molar-refractivity contribution in [1.29, 1.82) is 0 Å². The van der Waals surface area contributed by atoms with E-state index < -0.39 is 6.04 Å². The van der Waals surface area contributed by atoms with Crippen LogP contribution in [0.5, 0.6) is 17.2 Å². The third-order valence-electron chi connectivity index (χ3n) is 6.70. The number of anilines is 2. The van der Waals surface area contributed by atoms with Gasteiger partial charge < -0.3 is 24.8 Å². The van der Waals surface area contributed by atoms with Gasteiger partial charge in [0.2, 0.25) is 0 Å². The molecule has 0 amide bonds. The first kappa shape index (κ1) is 23.1. The molecule has 7 heteroatoms. The van der Waals surface area contributed by atoms with Crippen LogP contribution in [0.15, 0.2) is 71.9 Å². The van der Waals surface area contributed by atoms with Crippen LogP contribution in [-0.4, -0.2) is 27.1 Å². The van der Waals surface area contributed by atoms with Crippen molar-refractivity contribution >= 4 is 28.8 Å². The first-order chi connectivity index (χ1) is 17.0. The van der Waals surface area contributed by atoms with Crippen LogP contribution in [0.1, 0.15) is 35.9 Å². The molecule has 0 saturated carbocycles. The van der Waals surface area contributed by atoms with E-state index in [1.165, 1.54) is 0 Å². The van der Waals surface area contributed by atoms with Crippen LogP contribution < -0.4 is 24.8 Å². The molecule has 180 valence electrons. The van der Waals surface area contributed by atoms with E-state index in [0.29, 0.717) is 40.7 Å². The number of Topliss-reactive ketones (excluding diaryl/α,β-unsaturated/α-hetero) is 1. The van der Waals surface area contributed by atoms with Crippen LogP contribution in [0, 0.1) is 0 Å². The number of hydrogen-bond acceptors (Lipinski definition) is 6. The number of nitrogens with one attached hydrogen (secondary N) is 2. The summed E-state index contributed by atoms with van der Waals surface area (Å²) in [5.41, 5.74) is 5.16. The Morgan fingerprint density at radius 1 is 0.800 bits per heavy atom. The molecular weight excluding hydrogens is 464 g/mol. The average Bonchev–Trinajstić information content (AvgIpc) is 3.05. The van der Waals surface area contributed by atoms with E-state index in [1.54, 1.807) is 27.4 Å². The maximum Gasteiger partial charge on any atom is 0.164 e. The number of allylic oxidation sites excluding steroid dienone is 1. The van der Waals surface area contributed by atoms with Crippen molar-refractivity contribution in [3.63, 3.8) is 0 Å². The minimum atomic E-state index is -0.449. The van der Waals surface area contributed by atoms with Gasteiger partial charge in [-0.3, -0.25) is 4.79 Å². The number of hydrogen-bond donors (Lipinski definition) is 2. The van der Waals surface area contributed by atoms with Crippen molar-refractivity contribution in [2.24, 2.45) is 0 Å². The first-order valence-electron chi connectivity index (χ1n) is 11.5. The lowest BCUT2D eigenvalue weighted by molar-refractivity contribution is -0.116. The summed E-state index contributed by atoms with van der Waals surface area (Å²) in [5, 5.41) is 7.83. The lowest BCUT2D eigenvalue weighted by Crippen LogP contribution is -2.27. The van der Waals surface area contributed by atoms with E-state index in [-0.39, 0.29) is 11.7 Å². The highest BCUT2D eigenvalue weighted by molar-refractivity contribution is 6.31. The molecule has 6 nitrogen and oxygen atoms in total. The van der Waals surface area contributed by atoms with Gasteiger partial charge >= 0.3 is 0 Å². The summed E-state index contributed by atoms with van der Waals surface area (Å²) in [7, 11) is 4.79. The van der Waals surface area contributed by atoms with E-state index >= 15 is 0 Å². The van der Waals surface area contributed by atoms with Crippen LogP contribution in [-0.2, 0) is 4.79 Å². The van der Waals surface area contributed by atoms with Gasteiger partial charge in [0.1, 0.15) is 5.75 Å². The molecule has 2 atom stereocenters. The third kappa shape index (κ3) is 4.19. The van der Waals surface area contributed by atoms with E-state index in [4.69, 9.17) is 25.8 Å². The summed E-state index contributed by atoms with van der Waals surface area (Å²) in [6.07, 6.45) is 1.03. The van der Waals surface area contributed by atoms with Gasteiger partial charge in [-0.25, -0.2) is 0 Å². The van der Waals surface area contributed by atoms with Crippen molar-refractivity contribution in [2.45, 2.75) is 24.8 Å². The average molecular weight is 491 g/mol. The number of halogens is 1. The summed E-state index contributed by atoms with van der Waals surface area (Å²) in [5.74, 6) is 1.78. The number of rotatable bonds is 5. The van der Waals surface area contributed by atoms with Gasteiger partial charge in [0.15, 0.2) is 17.3 Å². The van der Waals surface area contributed by atoms with Crippen molar-refractivity contribution in [3.8, 4) is 17.2 Å². The number of para-hydroxylation sites is 2. The molecular formula is C28H27ClN2O4. The number of fused-ring (bicyclic) bond motifs is 1. The summed E-state index contributed by atoms with van der Waals surface area (Å²) in [4.78, 5) is 13.8. The molecule has 1 aliphatic carbocycles. The molecule has 3 aromatic rings. The van der Waals surface area contributed by atoms with Crippen molar-refractivity contribution < 1.29 is 19.0 Å². The highest BCUT2D eigenvalue weighted by Gasteiger charge is 2.38. The molecule has 2 aliphatic rings. The fourth-order valence-corrected chi connectivity index (χ4v) is 5.32. The molecule has 2 N–H and O–H groups in total. The van der Waals surface area contributed by atoms with Crippen LogP contribution in [0.4, 0.5) is 11.4 Å². The summed E-state index contributed by atoms with van der Waals surface area (Å²) in [6.45, 7) is 0. The highest BCUT2D eigenvalue weighted by atomic mass is 35.5. The lowest BCUT2D eigenvalue weighted by atomic mass is 9.78. The largest absolute Gasteiger partial charge is 0.496 e. The Kier molecular flexibility index (Phi) is 6.31. The quantitative estimate of drug-likeness (QED) is 0.434. The fourth-order valence-electron chi connectivity index (χ4n) is 5.03. The van der Waals surface area contributed by atoms with E-state index in [1.807, 2.05) is 54.6 Å². The number of benzene rings is 3. The second-order valence-electron chi connectivity index (χ2n) is 8.64. The Hall–Kier alpha value is -3.64. The standard InChI is InChI=1S/C28H27ClN2O4/c1-33-24-15-26(35-3)25(34-2)14-18(24)28-27-22(30-20-10-6-7-11-21(20)31-28)12-16(13-23(27)32)17-8-4-5-9-19(17)29/h4-11,14-16,28,30-31H,12-13H2,1-3H3/t16-,28-/m1/s1. The molecule has 1 aliphatic heterocycles. The summed E-state index contributed by atoms with van der Waals surface area (Å²) < 4.78 is 16.8. The van der Waals surface area contributed by atoms with Gasteiger partial charge in [-0.1, -0.05) is 41.9 Å². The predicted octanol–water partition coefficient (Wildman–Crippen LogP) is 6.35. The molecule has 0 radical (unpaired) electrons. The maximum absolute atomic E-state index is 13.8. The number of carbonyl (C=O) groups is 1. The van der Waals surface area contributed by atoms with Gasteiger partial charge in [-0.2, -0.15) is 0 Å². The van der Waals surface area contributed by atoms with Gasteiger partial charge in [0.05, 0.1) is 38.7 Å². The third-order valence-corrected chi connectivity index (χ3v) is 7.05. The SMILES string of the molecule is COc1cc(OC)c([C@H]2Nc3ccccc3NC3=C2C(=O)C[C@H](c2ccccc2Cl)C3)cc1OC. The molecule has 5 rings (SSSR count). The Balaban J connectivity index is 1.67. The normalized spacial score (nSPS) is 19.0. The zero-order valence-electron chi connectivity index (χ0n) is 19.9. The van der Waals surface area contributed by atoms with E-state index in [2.05, 4.69) is 10.6 Å². The number of carbonyl (C=O) groups excluding carboxylic acids is 1. The summed E-state index contributed by atoms with van der Waals surface area (Å²) >= 11 is 6.52. The molecule has 0 spiro atoms. The van der Waals surface area contributed by atoms with Gasteiger partial charge in [0, 0.05) is 34.3 Å². The zero-order chi connectivity index (χ0) is 24.5. The molecule has 35 heavy (non-hydrogen) atoms. The Bertz CT molecular complexity index is 1320. The van der Waals surface area contributed by atoms with Crippen LogP contribution in [0.25, 0.3) is 0 Å². The van der Waals surface area contributed by atoms with Crippen molar-refractivity contribution in [1.82, 2.24) is 0 Å². The van der Waals surface area contributed by atoms with E-state index in [9.17, 15) is 4.79 Å². The van der Waals surface area contributed by atoms with Crippen molar-refractivity contribution in [3.05, 3.63) is 88.1 Å². The van der Waals surface area contributed by atoms with Gasteiger partial charge in [-0.15, -0.1) is 0 Å². The van der Waals surface area contributed by atoms with Crippen molar-refractivity contribution in [2.75, 3.05) is 32.0 Å². The topological polar surface area (TPSA) is 68.8 Å². The van der Waals surface area contributed by atoms with Crippen LogP contribution in [0.3, 0.4) is 0 Å². The molecule has 0 aromatic heterocycles. The Morgan fingerprint density at radius 3 is 2.17 bits per heavy atom. The first-order valence-corrected chi connectivity index (χ1v) is 11.8. The fraction of sp³-hybridized carbons (Fsp3) is 0.250. The summed E-state index contributed by atoms with van der Waals surface area (Å²) in [6, 6.07) is 18.9. The second kappa shape index (κ2) is 9.55. The number of ketones is 1.